The van der Waals surface area contributed by atoms with Crippen LogP contribution in [-0.2, 0) is 13.8 Å². The molecular formula is C17H12N3Na2O7P. The largest absolute Gasteiger partial charge is 1.00 e. The van der Waals surface area contributed by atoms with Gasteiger partial charge in [0.05, 0.1) is 20.1 Å². The zero-order valence-electron chi connectivity index (χ0n) is 16.2. The molecule has 1 amide bonds. The van der Waals surface area contributed by atoms with Crippen molar-refractivity contribution in [3.05, 3.63) is 42.2 Å². The summed E-state index contributed by atoms with van der Waals surface area (Å²) in [4.78, 5) is 39.0. The number of amides is 1. The summed E-state index contributed by atoms with van der Waals surface area (Å²) in [6.45, 7) is -0.519. The minimum Gasteiger partial charge on any atom is -0.790 e. The molecule has 1 saturated heterocycles. The van der Waals surface area contributed by atoms with Gasteiger partial charge in [0, 0.05) is 11.8 Å². The van der Waals surface area contributed by atoms with E-state index in [1.807, 2.05) is 6.07 Å². The fraction of sp³-hybridized carbons (Fsp3) is 0.235. The van der Waals surface area contributed by atoms with Crippen molar-refractivity contribution >= 4 is 19.6 Å². The Hall–Kier alpha value is -0.960. The van der Waals surface area contributed by atoms with Crippen LogP contribution < -0.4 is 78.5 Å². The molecule has 1 aromatic heterocycles. The standard InChI is InChI=1S/C17H14N3O7P.2Na/c18-6-12-3-1-11(7-19-12)10-2-4-13-15(5-10)25-8-14-16(9-26-28(22,23)24)27-17(21)20(13)14;;/h1-5,7,14,16H,8-9H2,(H2,22,23,24);;/q;2*+1/p-2/t14-,16-;;/m0../s1. The van der Waals surface area contributed by atoms with E-state index in [1.54, 1.807) is 36.5 Å². The first-order chi connectivity index (χ1) is 13.4. The van der Waals surface area contributed by atoms with Crippen LogP contribution in [0.15, 0.2) is 36.5 Å². The number of anilines is 1. The van der Waals surface area contributed by atoms with Gasteiger partial charge in [-0.1, -0.05) is 6.07 Å². The van der Waals surface area contributed by atoms with E-state index in [2.05, 4.69) is 9.51 Å². The van der Waals surface area contributed by atoms with E-state index in [9.17, 15) is 19.1 Å². The van der Waals surface area contributed by atoms with Gasteiger partial charge in [0.15, 0.2) is 6.10 Å². The van der Waals surface area contributed by atoms with Crippen LogP contribution in [0.1, 0.15) is 5.69 Å². The molecule has 1 fully saturated rings. The molecule has 3 heterocycles. The predicted octanol–water partition coefficient (Wildman–Crippen LogP) is -5.44. The minimum absolute atomic E-state index is 0. The Labute approximate surface area is 216 Å². The summed E-state index contributed by atoms with van der Waals surface area (Å²) in [5.74, 6) is 0.440. The summed E-state index contributed by atoms with van der Waals surface area (Å²) >= 11 is 0. The molecule has 2 aliphatic rings. The van der Waals surface area contributed by atoms with Crippen LogP contribution in [0.4, 0.5) is 10.5 Å². The number of rotatable bonds is 4. The SMILES string of the molecule is N#Cc1ccc(-c2ccc3c(c2)OC[C@H]2[C@H](COP(=O)([O-])[O-])OC(=O)N32)cn1.[Na+].[Na+]. The Bertz CT molecular complexity index is 1030. The number of phosphoric acid groups is 1. The van der Waals surface area contributed by atoms with Gasteiger partial charge in [-0.05, 0) is 29.8 Å². The van der Waals surface area contributed by atoms with Gasteiger partial charge in [0.2, 0.25) is 0 Å². The number of ether oxygens (including phenoxy) is 2. The number of carbonyl (C=O) groups excluding carboxylic acids is 1. The van der Waals surface area contributed by atoms with Gasteiger partial charge in [0.25, 0.3) is 0 Å². The third-order valence-electron chi connectivity index (χ3n) is 4.45. The fourth-order valence-corrected chi connectivity index (χ4v) is 3.48. The monoisotopic (exact) mass is 447 g/mol. The second-order valence-electron chi connectivity index (χ2n) is 6.14. The molecular weight excluding hydrogens is 435 g/mol. The van der Waals surface area contributed by atoms with Gasteiger partial charge >= 0.3 is 65.2 Å². The van der Waals surface area contributed by atoms with E-state index < -0.39 is 32.7 Å². The first kappa shape index (κ1) is 25.3. The van der Waals surface area contributed by atoms with Crippen molar-refractivity contribution < 1.29 is 92.3 Å². The molecule has 10 nitrogen and oxygen atoms in total. The number of fused-ring (bicyclic) bond motifs is 3. The predicted molar refractivity (Wildman–Crippen MR) is 90.0 cm³/mol. The molecule has 0 bridgehead atoms. The fourth-order valence-electron chi connectivity index (χ4n) is 3.15. The minimum atomic E-state index is -5.17. The zero-order chi connectivity index (χ0) is 19.9. The van der Waals surface area contributed by atoms with Crippen molar-refractivity contribution in [3.63, 3.8) is 0 Å². The molecule has 0 N–H and O–H groups in total. The molecule has 0 aliphatic carbocycles. The number of hydrogen-bond donors (Lipinski definition) is 0. The number of pyridine rings is 1. The van der Waals surface area contributed by atoms with E-state index in [4.69, 9.17) is 14.7 Å². The Morgan fingerprint density at radius 2 is 2.00 bits per heavy atom. The molecule has 0 saturated carbocycles. The van der Waals surface area contributed by atoms with Crippen molar-refractivity contribution in [2.45, 2.75) is 12.1 Å². The van der Waals surface area contributed by atoms with Gasteiger partial charge < -0.3 is 28.3 Å². The average Bonchev–Trinajstić information content (AvgIpc) is 3.01. The normalized spacial score (nSPS) is 19.2. The second-order valence-corrected chi connectivity index (χ2v) is 7.29. The maximum absolute atomic E-state index is 12.3. The van der Waals surface area contributed by atoms with Gasteiger partial charge in [-0.25, -0.2) is 9.78 Å². The number of phosphoric ester groups is 1. The van der Waals surface area contributed by atoms with Gasteiger partial charge in [-0.2, -0.15) is 5.26 Å². The summed E-state index contributed by atoms with van der Waals surface area (Å²) in [5.41, 5.74) is 2.31. The quantitative estimate of drug-likeness (QED) is 0.331. The summed E-state index contributed by atoms with van der Waals surface area (Å²) in [5, 5.41) is 8.83. The van der Waals surface area contributed by atoms with E-state index in [0.29, 0.717) is 17.1 Å². The number of nitrogens with zero attached hydrogens (tertiary/aromatic N) is 3. The topological polar surface area (TPSA) is 148 Å². The summed E-state index contributed by atoms with van der Waals surface area (Å²) < 4.78 is 25.8. The molecule has 13 heteroatoms. The number of cyclic esters (lactones) is 1. The number of benzene rings is 1. The van der Waals surface area contributed by atoms with Crippen molar-refractivity contribution in [3.8, 4) is 22.9 Å². The van der Waals surface area contributed by atoms with Crippen molar-refractivity contribution in [2.24, 2.45) is 0 Å². The molecule has 0 unspecified atom stereocenters. The number of hydrogen-bond acceptors (Lipinski definition) is 9. The number of carbonyl (C=O) groups is 1. The first-order valence-electron chi connectivity index (χ1n) is 8.15. The van der Waals surface area contributed by atoms with Gasteiger partial charge in [0.1, 0.15) is 30.2 Å². The number of aromatic nitrogens is 1. The molecule has 0 radical (unpaired) electrons. The second kappa shape index (κ2) is 10.1. The Morgan fingerprint density at radius 3 is 2.63 bits per heavy atom. The van der Waals surface area contributed by atoms with Crippen LogP contribution in [0.5, 0.6) is 5.75 Å². The summed E-state index contributed by atoms with van der Waals surface area (Å²) in [6.07, 6.45) is -0.0603. The smallest absolute Gasteiger partial charge is 0.790 e. The third kappa shape index (κ3) is 5.26. The summed E-state index contributed by atoms with van der Waals surface area (Å²) in [7, 11) is -5.17. The average molecular weight is 447 g/mol. The van der Waals surface area contributed by atoms with E-state index in [1.165, 1.54) is 4.90 Å². The molecule has 4 rings (SSSR count). The van der Waals surface area contributed by atoms with Crippen LogP contribution in [0.3, 0.4) is 0 Å². The zero-order valence-corrected chi connectivity index (χ0v) is 21.1. The Balaban J connectivity index is 0.00000160. The van der Waals surface area contributed by atoms with Crippen molar-refractivity contribution in [2.75, 3.05) is 18.1 Å². The van der Waals surface area contributed by atoms with E-state index in [-0.39, 0.29) is 65.7 Å². The van der Waals surface area contributed by atoms with Crippen molar-refractivity contribution in [1.82, 2.24) is 4.98 Å². The molecule has 144 valence electrons. The molecule has 1 aromatic carbocycles. The third-order valence-corrected chi connectivity index (χ3v) is 4.91. The Morgan fingerprint density at radius 1 is 1.27 bits per heavy atom. The van der Waals surface area contributed by atoms with Crippen LogP contribution in [-0.4, -0.2) is 36.4 Å². The van der Waals surface area contributed by atoms with Crippen LogP contribution in [0.2, 0.25) is 0 Å². The van der Waals surface area contributed by atoms with Crippen LogP contribution >= 0.6 is 7.82 Å². The summed E-state index contributed by atoms with van der Waals surface area (Å²) in [6, 6.07) is 9.84. The molecule has 0 spiro atoms. The molecule has 30 heavy (non-hydrogen) atoms. The van der Waals surface area contributed by atoms with E-state index in [0.717, 1.165) is 11.1 Å². The van der Waals surface area contributed by atoms with Gasteiger partial charge in [-0.3, -0.25) is 4.90 Å². The van der Waals surface area contributed by atoms with Crippen LogP contribution in [0, 0.1) is 11.3 Å². The van der Waals surface area contributed by atoms with Crippen LogP contribution in [0.25, 0.3) is 11.1 Å². The van der Waals surface area contributed by atoms with Crippen molar-refractivity contribution in [1.29, 1.82) is 5.26 Å². The molecule has 2 atom stereocenters. The number of nitriles is 1. The Kier molecular flexibility index (Phi) is 8.52. The first-order valence-corrected chi connectivity index (χ1v) is 9.61. The van der Waals surface area contributed by atoms with E-state index >= 15 is 0 Å². The maximum Gasteiger partial charge on any atom is 1.00 e. The van der Waals surface area contributed by atoms with Gasteiger partial charge in [-0.15, -0.1) is 0 Å². The molecule has 2 aliphatic heterocycles. The maximum atomic E-state index is 12.3. The molecule has 2 aromatic rings.